The first kappa shape index (κ1) is 18.4. The summed E-state index contributed by atoms with van der Waals surface area (Å²) >= 11 is 0. The molecule has 0 saturated heterocycles. The first-order valence-corrected chi connectivity index (χ1v) is 8.94. The van der Waals surface area contributed by atoms with Gasteiger partial charge in [0, 0.05) is 11.8 Å². The maximum atomic E-state index is 12.5. The van der Waals surface area contributed by atoms with Crippen LogP contribution < -0.4 is 4.74 Å². The lowest BCUT2D eigenvalue weighted by Crippen LogP contribution is -2.08. The number of hydrogen-bond acceptors (Lipinski definition) is 7. The van der Waals surface area contributed by atoms with E-state index in [4.69, 9.17) is 14.0 Å². The van der Waals surface area contributed by atoms with Crippen LogP contribution in [0.25, 0.3) is 11.5 Å². The number of carbonyl (C=O) groups excluding carboxylic acids is 1. The molecule has 0 spiro atoms. The van der Waals surface area contributed by atoms with Crippen molar-refractivity contribution in [1.82, 2.24) is 15.1 Å². The minimum atomic E-state index is -0.592. The summed E-state index contributed by atoms with van der Waals surface area (Å²) in [6.07, 6.45) is 1.54. The van der Waals surface area contributed by atoms with Crippen molar-refractivity contribution in [2.24, 2.45) is 0 Å². The van der Waals surface area contributed by atoms with Crippen LogP contribution in [-0.4, -0.2) is 21.1 Å². The summed E-state index contributed by atoms with van der Waals surface area (Å²) in [5.74, 6) is 0.776. The van der Waals surface area contributed by atoms with Gasteiger partial charge in [0.15, 0.2) is 6.61 Å². The van der Waals surface area contributed by atoms with E-state index in [0.717, 1.165) is 11.1 Å². The molecule has 0 aliphatic heterocycles. The molecule has 29 heavy (non-hydrogen) atoms. The van der Waals surface area contributed by atoms with E-state index in [9.17, 15) is 4.79 Å². The topological polar surface area (TPSA) is 87.3 Å². The maximum absolute atomic E-state index is 12.5. The second-order valence-electron chi connectivity index (χ2n) is 6.23. The van der Waals surface area contributed by atoms with Gasteiger partial charge in [-0.15, -0.1) is 0 Å². The fourth-order valence-corrected chi connectivity index (χ4v) is 2.56. The molecule has 2 aromatic heterocycles. The van der Waals surface area contributed by atoms with Crippen LogP contribution in [0, 0.1) is 6.92 Å². The summed E-state index contributed by atoms with van der Waals surface area (Å²) in [5, 5.41) is 3.86. The van der Waals surface area contributed by atoms with Crippen LogP contribution in [0.3, 0.4) is 0 Å². The van der Waals surface area contributed by atoms with Gasteiger partial charge in [-0.05, 0) is 43.3 Å². The average Bonchev–Trinajstić information content (AvgIpc) is 3.23. The Kier molecular flexibility index (Phi) is 5.29. The monoisotopic (exact) mass is 387 g/mol. The maximum Gasteiger partial charge on any atom is 0.344 e. The number of para-hydroxylation sites is 1. The number of aryl methyl sites for hydroxylation is 1. The van der Waals surface area contributed by atoms with Crippen molar-refractivity contribution >= 4 is 5.97 Å². The second kappa shape index (κ2) is 8.35. The highest BCUT2D eigenvalue weighted by atomic mass is 16.5. The molecule has 0 fully saturated rings. The quantitative estimate of drug-likeness (QED) is 0.447. The minimum Gasteiger partial charge on any atom is -0.454 e. The highest BCUT2D eigenvalue weighted by molar-refractivity contribution is 5.91. The van der Waals surface area contributed by atoms with Crippen molar-refractivity contribution < 1.29 is 18.8 Å². The van der Waals surface area contributed by atoms with E-state index in [-0.39, 0.29) is 23.9 Å². The first-order chi connectivity index (χ1) is 14.2. The van der Waals surface area contributed by atoms with E-state index in [1.54, 1.807) is 30.5 Å². The van der Waals surface area contributed by atoms with Gasteiger partial charge in [0.25, 0.3) is 5.89 Å². The number of pyridine rings is 1. The van der Waals surface area contributed by atoms with Crippen LogP contribution in [0.4, 0.5) is 0 Å². The molecule has 4 rings (SSSR count). The Morgan fingerprint density at radius 3 is 2.59 bits per heavy atom. The number of rotatable bonds is 6. The van der Waals surface area contributed by atoms with E-state index in [2.05, 4.69) is 15.1 Å². The summed E-state index contributed by atoms with van der Waals surface area (Å²) < 4.78 is 16.3. The van der Waals surface area contributed by atoms with Crippen molar-refractivity contribution in [2.45, 2.75) is 13.5 Å². The molecule has 0 bridgehead atoms. The van der Waals surface area contributed by atoms with Gasteiger partial charge in [0.2, 0.25) is 11.7 Å². The minimum absolute atomic E-state index is 0.131. The van der Waals surface area contributed by atoms with E-state index in [0.29, 0.717) is 11.6 Å². The predicted molar refractivity (Wildman–Crippen MR) is 104 cm³/mol. The van der Waals surface area contributed by atoms with Gasteiger partial charge in [-0.25, -0.2) is 9.78 Å². The summed E-state index contributed by atoms with van der Waals surface area (Å²) in [5.41, 5.74) is 2.14. The number of aromatic nitrogens is 3. The molecule has 0 amide bonds. The molecule has 2 aromatic carbocycles. The Balaban J connectivity index is 1.43. The molecule has 7 nitrogen and oxygen atoms in total. The third kappa shape index (κ3) is 4.47. The lowest BCUT2D eigenvalue weighted by molar-refractivity contribution is 0.0456. The van der Waals surface area contributed by atoms with Crippen LogP contribution in [-0.2, 0) is 11.3 Å². The molecule has 2 heterocycles. The van der Waals surface area contributed by atoms with Crippen LogP contribution in [0.5, 0.6) is 11.6 Å². The van der Waals surface area contributed by atoms with Crippen molar-refractivity contribution in [1.29, 1.82) is 0 Å². The Morgan fingerprint density at radius 2 is 1.79 bits per heavy atom. The molecule has 0 N–H and O–H groups in total. The van der Waals surface area contributed by atoms with Crippen molar-refractivity contribution in [2.75, 3.05) is 0 Å². The first-order valence-electron chi connectivity index (χ1n) is 8.94. The summed E-state index contributed by atoms with van der Waals surface area (Å²) in [6, 6.07) is 20.0. The normalized spacial score (nSPS) is 10.5. The number of hydrogen-bond donors (Lipinski definition) is 0. The molecule has 0 aliphatic carbocycles. The van der Waals surface area contributed by atoms with Crippen LogP contribution in [0.15, 0.2) is 77.4 Å². The second-order valence-corrected chi connectivity index (χ2v) is 6.23. The van der Waals surface area contributed by atoms with Crippen LogP contribution >= 0.6 is 0 Å². The molecule has 7 heteroatoms. The fourth-order valence-electron chi connectivity index (χ4n) is 2.56. The van der Waals surface area contributed by atoms with Gasteiger partial charge in [-0.3, -0.25) is 0 Å². The highest BCUT2D eigenvalue weighted by Gasteiger charge is 2.17. The summed E-state index contributed by atoms with van der Waals surface area (Å²) in [6.45, 7) is 1.87. The van der Waals surface area contributed by atoms with Gasteiger partial charge in [0.05, 0.1) is 0 Å². The lowest BCUT2D eigenvalue weighted by atomic mass is 10.1. The standard InChI is InChI=1S/C22H17N3O4/c1-15-9-11-16(12-10-15)20-24-19(25-29-20)14-27-22(26)18-8-5-13-23-21(18)28-17-6-3-2-4-7-17/h2-13H,14H2,1H3. The van der Waals surface area contributed by atoms with Crippen molar-refractivity contribution in [3.8, 4) is 23.1 Å². The van der Waals surface area contributed by atoms with Gasteiger partial charge in [-0.2, -0.15) is 4.98 Å². The smallest absolute Gasteiger partial charge is 0.344 e. The zero-order chi connectivity index (χ0) is 20.1. The molecule has 0 unspecified atom stereocenters. The Morgan fingerprint density at radius 1 is 1.00 bits per heavy atom. The summed E-state index contributed by atoms with van der Waals surface area (Å²) in [4.78, 5) is 20.9. The predicted octanol–water partition coefficient (Wildman–Crippen LogP) is 4.59. The molecule has 0 radical (unpaired) electrons. The third-order valence-corrected chi connectivity index (χ3v) is 4.05. The van der Waals surface area contributed by atoms with E-state index in [1.165, 1.54) is 0 Å². The average molecular weight is 387 g/mol. The third-order valence-electron chi connectivity index (χ3n) is 4.05. The van der Waals surface area contributed by atoms with Crippen molar-refractivity contribution in [3.05, 3.63) is 89.9 Å². The molecule has 4 aromatic rings. The number of carbonyl (C=O) groups is 1. The van der Waals surface area contributed by atoms with Crippen LogP contribution in [0.1, 0.15) is 21.7 Å². The molecule has 144 valence electrons. The van der Waals surface area contributed by atoms with Crippen molar-refractivity contribution in [3.63, 3.8) is 0 Å². The number of nitrogens with zero attached hydrogens (tertiary/aromatic N) is 3. The Labute approximate surface area is 166 Å². The van der Waals surface area contributed by atoms with Gasteiger partial charge < -0.3 is 14.0 Å². The van der Waals surface area contributed by atoms with Gasteiger partial charge >= 0.3 is 5.97 Å². The molecule has 0 saturated carbocycles. The number of ether oxygens (including phenoxy) is 2. The molecular weight excluding hydrogens is 370 g/mol. The largest absolute Gasteiger partial charge is 0.454 e. The van der Waals surface area contributed by atoms with Gasteiger partial charge in [-0.1, -0.05) is 41.1 Å². The van der Waals surface area contributed by atoms with E-state index >= 15 is 0 Å². The number of esters is 1. The zero-order valence-corrected chi connectivity index (χ0v) is 15.6. The molecule has 0 aliphatic rings. The Hall–Kier alpha value is -4.00. The fraction of sp³-hybridized carbons (Fsp3) is 0.0909. The van der Waals surface area contributed by atoms with Crippen LogP contribution in [0.2, 0.25) is 0 Å². The number of benzene rings is 2. The molecular formula is C22H17N3O4. The molecule has 0 atom stereocenters. The highest BCUT2D eigenvalue weighted by Crippen LogP contribution is 2.23. The van der Waals surface area contributed by atoms with E-state index in [1.807, 2.05) is 49.4 Å². The van der Waals surface area contributed by atoms with E-state index < -0.39 is 5.97 Å². The Bertz CT molecular complexity index is 1110. The lowest BCUT2D eigenvalue weighted by Gasteiger charge is -2.09. The zero-order valence-electron chi connectivity index (χ0n) is 15.6. The van der Waals surface area contributed by atoms with Gasteiger partial charge in [0.1, 0.15) is 11.3 Å². The summed E-state index contributed by atoms with van der Waals surface area (Å²) in [7, 11) is 0. The SMILES string of the molecule is Cc1ccc(-c2nc(COC(=O)c3cccnc3Oc3ccccc3)no2)cc1.